The molecular formula is C12H15BrN2O2S3. The fourth-order valence-corrected chi connectivity index (χ4v) is 6.07. The van der Waals surface area contributed by atoms with Crippen LogP contribution in [-0.4, -0.2) is 15.0 Å². The molecule has 110 valence electrons. The monoisotopic (exact) mass is 394 g/mol. The lowest BCUT2D eigenvalue weighted by Crippen LogP contribution is -2.27. The normalized spacial score (nSPS) is 11.9. The topological polar surface area (TPSA) is 72.2 Å². The Kier molecular flexibility index (Phi) is 5.38. The van der Waals surface area contributed by atoms with Crippen LogP contribution in [0.4, 0.5) is 0 Å². The number of halogens is 1. The minimum Gasteiger partial charge on any atom is -0.326 e. The van der Waals surface area contributed by atoms with Gasteiger partial charge in [-0.1, -0.05) is 0 Å². The fourth-order valence-electron chi connectivity index (χ4n) is 1.86. The Morgan fingerprint density at radius 1 is 1.40 bits per heavy atom. The van der Waals surface area contributed by atoms with Gasteiger partial charge in [0.15, 0.2) is 0 Å². The van der Waals surface area contributed by atoms with E-state index in [4.69, 9.17) is 5.73 Å². The third-order valence-electron chi connectivity index (χ3n) is 2.74. The average molecular weight is 395 g/mol. The number of hydrogen-bond acceptors (Lipinski definition) is 5. The molecule has 0 saturated carbocycles. The van der Waals surface area contributed by atoms with Crippen molar-refractivity contribution in [2.24, 2.45) is 5.73 Å². The third-order valence-corrected chi connectivity index (χ3v) is 7.37. The summed E-state index contributed by atoms with van der Waals surface area (Å²) in [7, 11) is -3.48. The van der Waals surface area contributed by atoms with E-state index in [0.29, 0.717) is 22.7 Å². The van der Waals surface area contributed by atoms with Gasteiger partial charge in [-0.05, 0) is 52.4 Å². The van der Waals surface area contributed by atoms with Gasteiger partial charge < -0.3 is 5.73 Å². The molecule has 4 nitrogen and oxygen atoms in total. The Morgan fingerprint density at radius 3 is 2.75 bits per heavy atom. The molecule has 0 unspecified atom stereocenters. The summed E-state index contributed by atoms with van der Waals surface area (Å²) in [4.78, 5) is 2.19. The molecule has 0 bridgehead atoms. The number of hydrogen-bond donors (Lipinski definition) is 2. The molecule has 0 atom stereocenters. The van der Waals surface area contributed by atoms with Crippen molar-refractivity contribution < 1.29 is 8.42 Å². The summed E-state index contributed by atoms with van der Waals surface area (Å²) < 4.78 is 28.3. The van der Waals surface area contributed by atoms with Crippen LogP contribution in [0.2, 0.25) is 0 Å². The summed E-state index contributed by atoms with van der Waals surface area (Å²) in [6, 6.07) is 3.95. The predicted octanol–water partition coefficient (Wildman–Crippen LogP) is 2.86. The van der Waals surface area contributed by atoms with E-state index in [0.717, 1.165) is 14.2 Å². The Balaban J connectivity index is 2.06. The van der Waals surface area contributed by atoms with Crippen molar-refractivity contribution in [2.45, 2.75) is 24.8 Å². The largest absolute Gasteiger partial charge is 0.326 e. The molecule has 0 aliphatic heterocycles. The van der Waals surface area contributed by atoms with Crippen molar-refractivity contribution in [3.63, 3.8) is 0 Å². The van der Waals surface area contributed by atoms with Gasteiger partial charge in [0.05, 0.1) is 3.79 Å². The zero-order valence-corrected chi connectivity index (χ0v) is 14.9. The van der Waals surface area contributed by atoms with Crippen molar-refractivity contribution in [3.8, 4) is 0 Å². The summed E-state index contributed by atoms with van der Waals surface area (Å²) >= 11 is 6.39. The van der Waals surface area contributed by atoms with Gasteiger partial charge in [-0.25, -0.2) is 13.1 Å². The van der Waals surface area contributed by atoms with Crippen molar-refractivity contribution in [3.05, 3.63) is 36.6 Å². The molecule has 0 saturated heterocycles. The Morgan fingerprint density at radius 2 is 2.15 bits per heavy atom. The first-order valence-electron chi connectivity index (χ1n) is 5.95. The number of nitrogens with one attached hydrogen (secondary N) is 1. The fraction of sp³-hybridized carbons (Fsp3) is 0.333. The summed E-state index contributed by atoms with van der Waals surface area (Å²) in [5.41, 5.74) is 6.35. The summed E-state index contributed by atoms with van der Waals surface area (Å²) in [6.45, 7) is 2.42. The van der Waals surface area contributed by atoms with Gasteiger partial charge in [0, 0.05) is 22.8 Å². The molecular weight excluding hydrogens is 380 g/mol. The van der Waals surface area contributed by atoms with E-state index in [1.54, 1.807) is 18.3 Å². The standard InChI is InChI=1S/C12H15BrN2O2S3/c1-8-7-18-10(6-14)12(8)20(16,17)15-5-4-9-2-3-11(13)19-9/h2-3,7,15H,4-6,14H2,1H3. The smallest absolute Gasteiger partial charge is 0.241 e. The number of sulfonamides is 1. The van der Waals surface area contributed by atoms with E-state index in [1.807, 2.05) is 17.5 Å². The minimum atomic E-state index is -3.48. The highest BCUT2D eigenvalue weighted by Gasteiger charge is 2.21. The lowest BCUT2D eigenvalue weighted by Gasteiger charge is -2.08. The molecule has 0 aliphatic rings. The van der Waals surface area contributed by atoms with E-state index in [-0.39, 0.29) is 6.54 Å². The van der Waals surface area contributed by atoms with E-state index >= 15 is 0 Å². The second-order valence-electron chi connectivity index (χ2n) is 4.23. The molecule has 0 aliphatic carbocycles. The maximum absolute atomic E-state index is 12.3. The first-order chi connectivity index (χ1) is 9.44. The first-order valence-corrected chi connectivity index (χ1v) is 9.92. The molecule has 0 amide bonds. The summed E-state index contributed by atoms with van der Waals surface area (Å²) in [5.74, 6) is 0. The van der Waals surface area contributed by atoms with Crippen molar-refractivity contribution in [1.29, 1.82) is 0 Å². The van der Waals surface area contributed by atoms with Crippen LogP contribution >= 0.6 is 38.6 Å². The van der Waals surface area contributed by atoms with Crippen LogP contribution in [-0.2, 0) is 23.0 Å². The highest BCUT2D eigenvalue weighted by atomic mass is 79.9. The molecule has 20 heavy (non-hydrogen) atoms. The van der Waals surface area contributed by atoms with E-state index in [1.165, 1.54) is 11.3 Å². The summed E-state index contributed by atoms with van der Waals surface area (Å²) in [5, 5.41) is 1.83. The molecule has 0 spiro atoms. The second kappa shape index (κ2) is 6.67. The third kappa shape index (κ3) is 3.69. The van der Waals surface area contributed by atoms with Crippen LogP contribution in [0.3, 0.4) is 0 Å². The molecule has 2 aromatic rings. The molecule has 0 aromatic carbocycles. The molecule has 8 heteroatoms. The first kappa shape index (κ1) is 16.1. The maximum Gasteiger partial charge on any atom is 0.241 e. The van der Waals surface area contributed by atoms with Gasteiger partial charge in [-0.3, -0.25) is 0 Å². The van der Waals surface area contributed by atoms with Crippen LogP contribution in [0.1, 0.15) is 15.3 Å². The van der Waals surface area contributed by atoms with Crippen LogP contribution in [0.15, 0.2) is 26.2 Å². The summed E-state index contributed by atoms with van der Waals surface area (Å²) in [6.07, 6.45) is 0.677. The van der Waals surface area contributed by atoms with Crippen molar-refractivity contribution >= 4 is 48.6 Å². The number of rotatable bonds is 6. The van der Waals surface area contributed by atoms with Gasteiger partial charge >= 0.3 is 0 Å². The second-order valence-corrected chi connectivity index (χ2v) is 9.44. The van der Waals surface area contributed by atoms with Crippen LogP contribution in [0.25, 0.3) is 0 Å². The Bertz CT molecular complexity index is 691. The molecule has 2 rings (SSSR count). The lowest BCUT2D eigenvalue weighted by atomic mass is 10.3. The van der Waals surface area contributed by atoms with E-state index < -0.39 is 10.0 Å². The lowest BCUT2D eigenvalue weighted by molar-refractivity contribution is 0.580. The Labute approximate surface area is 135 Å². The zero-order chi connectivity index (χ0) is 14.8. The maximum atomic E-state index is 12.3. The van der Waals surface area contributed by atoms with Gasteiger partial charge in [0.1, 0.15) is 4.90 Å². The van der Waals surface area contributed by atoms with Gasteiger partial charge in [0.25, 0.3) is 0 Å². The van der Waals surface area contributed by atoms with Gasteiger partial charge in [0.2, 0.25) is 10.0 Å². The number of thiophene rings is 2. The molecule has 2 aromatic heterocycles. The highest BCUT2D eigenvalue weighted by Crippen LogP contribution is 2.26. The van der Waals surface area contributed by atoms with Gasteiger partial charge in [-0.2, -0.15) is 0 Å². The highest BCUT2D eigenvalue weighted by molar-refractivity contribution is 9.11. The number of nitrogens with two attached hydrogens (primary N) is 1. The molecule has 0 radical (unpaired) electrons. The Hall–Kier alpha value is -0.250. The van der Waals surface area contributed by atoms with Crippen LogP contribution < -0.4 is 10.5 Å². The zero-order valence-electron chi connectivity index (χ0n) is 10.8. The predicted molar refractivity (Wildman–Crippen MR) is 87.9 cm³/mol. The van der Waals surface area contributed by atoms with Crippen molar-refractivity contribution in [1.82, 2.24) is 4.72 Å². The van der Waals surface area contributed by atoms with E-state index in [9.17, 15) is 8.42 Å². The van der Waals surface area contributed by atoms with Crippen LogP contribution in [0, 0.1) is 6.92 Å². The molecule has 2 heterocycles. The van der Waals surface area contributed by atoms with Gasteiger partial charge in [-0.15, -0.1) is 22.7 Å². The van der Waals surface area contributed by atoms with Crippen LogP contribution in [0.5, 0.6) is 0 Å². The van der Waals surface area contributed by atoms with Crippen molar-refractivity contribution in [2.75, 3.05) is 6.54 Å². The molecule has 3 N–H and O–H groups in total. The molecule has 0 fully saturated rings. The quantitative estimate of drug-likeness (QED) is 0.790. The SMILES string of the molecule is Cc1csc(CN)c1S(=O)(=O)NCCc1ccc(Br)s1. The number of aryl methyl sites for hydroxylation is 1. The van der Waals surface area contributed by atoms with E-state index in [2.05, 4.69) is 20.7 Å². The minimum absolute atomic E-state index is 0.243. The average Bonchev–Trinajstić information content (AvgIpc) is 2.95.